The lowest BCUT2D eigenvalue weighted by atomic mass is 9.97. The van der Waals surface area contributed by atoms with Crippen molar-refractivity contribution in [3.8, 4) is 0 Å². The maximum Gasteiger partial charge on any atom is 0.315 e. The van der Waals surface area contributed by atoms with Crippen molar-refractivity contribution in [3.63, 3.8) is 0 Å². The zero-order valence-corrected chi connectivity index (χ0v) is 15.3. The van der Waals surface area contributed by atoms with E-state index < -0.39 is 6.10 Å². The molecular weight excluding hydrogens is 292 g/mol. The molecule has 0 spiro atoms. The predicted octanol–water partition coefficient (Wildman–Crippen LogP) is 2.06. The van der Waals surface area contributed by atoms with Gasteiger partial charge in [-0.25, -0.2) is 4.79 Å². The highest BCUT2D eigenvalue weighted by molar-refractivity contribution is 5.74. The summed E-state index contributed by atoms with van der Waals surface area (Å²) >= 11 is 0. The number of hydrogen-bond acceptors (Lipinski definition) is 3. The number of carbonyl (C=O) groups excluding carboxylic acids is 1. The van der Waals surface area contributed by atoms with Gasteiger partial charge in [-0.3, -0.25) is 4.68 Å². The lowest BCUT2D eigenvalue weighted by molar-refractivity contribution is 0.103. The van der Waals surface area contributed by atoms with Crippen LogP contribution in [0, 0.1) is 19.8 Å². The second-order valence-electron chi connectivity index (χ2n) is 6.38. The van der Waals surface area contributed by atoms with Gasteiger partial charge in [0.25, 0.3) is 0 Å². The smallest absolute Gasteiger partial charge is 0.315 e. The molecule has 1 rings (SSSR count). The lowest BCUT2D eigenvalue weighted by Gasteiger charge is -2.21. The summed E-state index contributed by atoms with van der Waals surface area (Å²) in [6.45, 7) is 10.4. The van der Waals surface area contributed by atoms with Crippen molar-refractivity contribution in [1.82, 2.24) is 20.4 Å². The summed E-state index contributed by atoms with van der Waals surface area (Å²) in [5.74, 6) is 0.230. The molecule has 0 aromatic carbocycles. The Balaban J connectivity index is 2.45. The number of amides is 2. The van der Waals surface area contributed by atoms with Gasteiger partial charge in [0.2, 0.25) is 0 Å². The normalized spacial score (nSPS) is 13.9. The monoisotopic (exact) mass is 324 g/mol. The van der Waals surface area contributed by atoms with Crippen molar-refractivity contribution < 1.29 is 9.90 Å². The molecule has 0 aliphatic rings. The Hall–Kier alpha value is -1.56. The summed E-state index contributed by atoms with van der Waals surface area (Å²) in [5.41, 5.74) is 3.31. The van der Waals surface area contributed by atoms with Gasteiger partial charge in [0, 0.05) is 25.3 Å². The average molecular weight is 324 g/mol. The number of carbonyl (C=O) groups is 1. The number of aliphatic hydroxyl groups excluding tert-OH is 1. The van der Waals surface area contributed by atoms with Gasteiger partial charge in [-0.05, 0) is 38.7 Å². The minimum absolute atomic E-state index is 0.00175. The summed E-state index contributed by atoms with van der Waals surface area (Å²) in [6.07, 6.45) is 2.08. The highest BCUT2D eigenvalue weighted by Gasteiger charge is 2.18. The van der Waals surface area contributed by atoms with Gasteiger partial charge in [0.15, 0.2) is 0 Å². The molecule has 1 aromatic heterocycles. The largest absolute Gasteiger partial charge is 0.391 e. The van der Waals surface area contributed by atoms with Crippen molar-refractivity contribution in [2.24, 2.45) is 13.0 Å². The molecule has 132 valence electrons. The Morgan fingerprint density at radius 3 is 2.39 bits per heavy atom. The number of aromatic nitrogens is 2. The molecule has 23 heavy (non-hydrogen) atoms. The Kier molecular flexibility index (Phi) is 7.55. The maximum absolute atomic E-state index is 12.0. The second-order valence-corrected chi connectivity index (χ2v) is 6.38. The molecule has 2 amide bonds. The molecule has 1 heterocycles. The molecule has 0 aliphatic carbocycles. The van der Waals surface area contributed by atoms with Gasteiger partial charge >= 0.3 is 6.03 Å². The minimum Gasteiger partial charge on any atom is -0.391 e. The van der Waals surface area contributed by atoms with E-state index >= 15 is 0 Å². The molecule has 1 aromatic rings. The van der Waals surface area contributed by atoms with Crippen molar-refractivity contribution in [1.29, 1.82) is 0 Å². The van der Waals surface area contributed by atoms with E-state index in [-0.39, 0.29) is 24.5 Å². The highest BCUT2D eigenvalue weighted by Crippen LogP contribution is 2.14. The van der Waals surface area contributed by atoms with Crippen LogP contribution in [0.25, 0.3) is 0 Å². The third-order valence-electron chi connectivity index (χ3n) is 4.61. The molecule has 0 saturated carbocycles. The maximum atomic E-state index is 12.0. The topological polar surface area (TPSA) is 79.2 Å². The fourth-order valence-corrected chi connectivity index (χ4v) is 2.94. The number of aryl methyl sites for hydroxylation is 2. The molecule has 0 radical (unpaired) electrons. The summed E-state index contributed by atoms with van der Waals surface area (Å²) in [5, 5.41) is 20.1. The first-order valence-electron chi connectivity index (χ1n) is 8.51. The van der Waals surface area contributed by atoms with Gasteiger partial charge in [0.1, 0.15) is 0 Å². The van der Waals surface area contributed by atoms with E-state index in [9.17, 15) is 9.90 Å². The molecule has 6 heteroatoms. The lowest BCUT2D eigenvalue weighted by Crippen LogP contribution is -2.45. The van der Waals surface area contributed by atoms with Gasteiger partial charge < -0.3 is 15.7 Å². The molecule has 0 aliphatic heterocycles. The van der Waals surface area contributed by atoms with E-state index in [1.807, 2.05) is 32.5 Å². The molecule has 2 unspecified atom stereocenters. The van der Waals surface area contributed by atoms with E-state index in [1.54, 1.807) is 0 Å². The van der Waals surface area contributed by atoms with E-state index in [0.717, 1.165) is 30.7 Å². The molecule has 6 nitrogen and oxygen atoms in total. The second kappa shape index (κ2) is 8.91. The van der Waals surface area contributed by atoms with Crippen molar-refractivity contribution >= 4 is 6.03 Å². The van der Waals surface area contributed by atoms with Crippen molar-refractivity contribution in [3.05, 3.63) is 17.0 Å². The number of aliphatic hydroxyl groups is 1. The molecule has 0 bridgehead atoms. The molecule has 0 fully saturated rings. The number of nitrogens with zero attached hydrogens (tertiary/aromatic N) is 2. The summed E-state index contributed by atoms with van der Waals surface area (Å²) in [7, 11) is 1.93. The quantitative estimate of drug-likeness (QED) is 0.685. The van der Waals surface area contributed by atoms with Crippen LogP contribution in [0.3, 0.4) is 0 Å². The van der Waals surface area contributed by atoms with Gasteiger partial charge in [-0.1, -0.05) is 26.7 Å². The van der Waals surface area contributed by atoms with E-state index in [2.05, 4.69) is 29.6 Å². The van der Waals surface area contributed by atoms with E-state index in [4.69, 9.17) is 0 Å². The number of rotatable bonds is 8. The zero-order chi connectivity index (χ0) is 17.6. The van der Waals surface area contributed by atoms with Gasteiger partial charge in [-0.15, -0.1) is 0 Å². The van der Waals surface area contributed by atoms with Gasteiger partial charge in [0.05, 0.1) is 11.8 Å². The average Bonchev–Trinajstić information content (AvgIpc) is 2.73. The van der Waals surface area contributed by atoms with Crippen LogP contribution in [-0.2, 0) is 13.5 Å². The van der Waals surface area contributed by atoms with Crippen LogP contribution in [0.4, 0.5) is 4.79 Å². The highest BCUT2D eigenvalue weighted by atomic mass is 16.3. The molecule has 0 saturated heterocycles. The van der Waals surface area contributed by atoms with Crippen molar-refractivity contribution in [2.75, 3.05) is 6.54 Å². The SMILES string of the molecule is CCC(CC)C(O)CNC(=O)NC(C)Cc1c(C)nn(C)c1C. The first kappa shape index (κ1) is 19.5. The first-order valence-corrected chi connectivity index (χ1v) is 8.51. The van der Waals surface area contributed by atoms with Gasteiger partial charge in [-0.2, -0.15) is 5.10 Å². The molecule has 3 N–H and O–H groups in total. The molecule has 2 atom stereocenters. The van der Waals surface area contributed by atoms with Crippen LogP contribution >= 0.6 is 0 Å². The number of nitrogens with one attached hydrogen (secondary N) is 2. The third kappa shape index (κ3) is 5.53. The summed E-state index contributed by atoms with van der Waals surface area (Å²) < 4.78 is 1.86. The fourth-order valence-electron chi connectivity index (χ4n) is 2.94. The van der Waals surface area contributed by atoms with Crippen LogP contribution in [-0.4, -0.2) is 39.6 Å². The Bertz CT molecular complexity index is 509. The fraction of sp³-hybridized carbons (Fsp3) is 0.765. The third-order valence-corrected chi connectivity index (χ3v) is 4.61. The summed E-state index contributed by atoms with van der Waals surface area (Å²) in [6, 6.07) is -0.233. The van der Waals surface area contributed by atoms with E-state index in [1.165, 1.54) is 5.56 Å². The number of hydrogen-bond donors (Lipinski definition) is 3. The molecular formula is C17H32N4O2. The number of urea groups is 1. The Morgan fingerprint density at radius 1 is 1.30 bits per heavy atom. The van der Waals surface area contributed by atoms with Crippen LogP contribution in [0.2, 0.25) is 0 Å². The van der Waals surface area contributed by atoms with Crippen LogP contribution in [0.5, 0.6) is 0 Å². The van der Waals surface area contributed by atoms with Crippen LogP contribution in [0.15, 0.2) is 0 Å². The standard InChI is InChI=1S/C17H32N4O2/c1-7-14(8-2)16(22)10-18-17(23)19-11(3)9-15-12(4)20-21(6)13(15)5/h11,14,16,22H,7-10H2,1-6H3,(H2,18,19,23). The van der Waals surface area contributed by atoms with Crippen LogP contribution < -0.4 is 10.6 Å². The first-order chi connectivity index (χ1) is 10.8. The van der Waals surface area contributed by atoms with Crippen LogP contribution in [0.1, 0.15) is 50.6 Å². The minimum atomic E-state index is -0.492. The Morgan fingerprint density at radius 2 is 1.91 bits per heavy atom. The predicted molar refractivity (Wildman–Crippen MR) is 92.5 cm³/mol. The zero-order valence-electron chi connectivity index (χ0n) is 15.3. The Labute approximate surface area is 139 Å². The van der Waals surface area contributed by atoms with E-state index in [0.29, 0.717) is 0 Å². The van der Waals surface area contributed by atoms with Crippen molar-refractivity contribution in [2.45, 2.75) is 66.0 Å². The summed E-state index contributed by atoms with van der Waals surface area (Å²) in [4.78, 5) is 12.0.